The molecule has 1 aliphatic heterocycles. The number of fused-ring (bicyclic) bond motifs is 1. The van der Waals surface area contributed by atoms with Crippen LogP contribution in [0.1, 0.15) is 24.4 Å². The smallest absolute Gasteiger partial charge is 0.145 e. The van der Waals surface area contributed by atoms with E-state index in [1.807, 2.05) is 18.5 Å². The number of piperidine rings is 1. The SMILES string of the molecule is COc1cccc2c(N3CCC(Cc4nccn4C)CC3)cc(C)nc12. The van der Waals surface area contributed by atoms with Crippen LogP contribution in [0.15, 0.2) is 36.7 Å². The number of nitrogens with zero attached hydrogens (tertiary/aromatic N) is 4. The van der Waals surface area contributed by atoms with Crippen LogP contribution in [0.25, 0.3) is 10.9 Å². The number of aryl methyl sites for hydroxylation is 2. The van der Waals surface area contributed by atoms with Crippen LogP contribution in [0, 0.1) is 12.8 Å². The summed E-state index contributed by atoms with van der Waals surface area (Å²) in [4.78, 5) is 11.7. The molecule has 0 spiro atoms. The molecule has 136 valence electrons. The fourth-order valence-electron chi connectivity index (χ4n) is 3.98. The number of hydrogen-bond donors (Lipinski definition) is 0. The van der Waals surface area contributed by atoms with Gasteiger partial charge in [0.05, 0.1) is 7.11 Å². The summed E-state index contributed by atoms with van der Waals surface area (Å²) in [5, 5.41) is 1.18. The highest BCUT2D eigenvalue weighted by molar-refractivity contribution is 5.95. The number of benzene rings is 1. The van der Waals surface area contributed by atoms with Crippen molar-refractivity contribution < 1.29 is 4.74 Å². The Bertz CT molecular complexity index is 910. The highest BCUT2D eigenvalue weighted by Gasteiger charge is 2.23. The van der Waals surface area contributed by atoms with E-state index in [4.69, 9.17) is 9.72 Å². The number of ether oxygens (including phenoxy) is 1. The van der Waals surface area contributed by atoms with E-state index in [0.29, 0.717) is 5.92 Å². The number of methoxy groups -OCH3 is 1. The highest BCUT2D eigenvalue weighted by atomic mass is 16.5. The van der Waals surface area contributed by atoms with E-state index in [2.05, 4.69) is 46.6 Å². The third kappa shape index (κ3) is 3.14. The molecule has 5 heteroatoms. The molecule has 0 atom stereocenters. The Morgan fingerprint density at radius 2 is 2.04 bits per heavy atom. The van der Waals surface area contributed by atoms with E-state index in [1.54, 1.807) is 7.11 Å². The summed E-state index contributed by atoms with van der Waals surface area (Å²) in [5.41, 5.74) is 3.27. The summed E-state index contributed by atoms with van der Waals surface area (Å²) in [6.07, 6.45) is 7.38. The fourth-order valence-corrected chi connectivity index (χ4v) is 3.98. The molecule has 0 saturated carbocycles. The van der Waals surface area contributed by atoms with Gasteiger partial charge in [-0.25, -0.2) is 9.97 Å². The van der Waals surface area contributed by atoms with Gasteiger partial charge in [-0.15, -0.1) is 0 Å². The molecule has 3 heterocycles. The Kier molecular flexibility index (Phi) is 4.53. The summed E-state index contributed by atoms with van der Waals surface area (Å²) < 4.78 is 7.66. The van der Waals surface area contributed by atoms with Gasteiger partial charge in [0.15, 0.2) is 0 Å². The van der Waals surface area contributed by atoms with Gasteiger partial charge in [-0.1, -0.05) is 12.1 Å². The van der Waals surface area contributed by atoms with Crippen LogP contribution < -0.4 is 9.64 Å². The van der Waals surface area contributed by atoms with E-state index in [9.17, 15) is 0 Å². The molecule has 5 nitrogen and oxygen atoms in total. The molecule has 3 aromatic rings. The normalized spacial score (nSPS) is 15.6. The second-order valence-corrected chi connectivity index (χ2v) is 7.23. The van der Waals surface area contributed by atoms with Gasteiger partial charge >= 0.3 is 0 Å². The minimum atomic E-state index is 0.705. The van der Waals surface area contributed by atoms with Crippen molar-refractivity contribution in [2.24, 2.45) is 13.0 Å². The van der Waals surface area contributed by atoms with E-state index < -0.39 is 0 Å². The molecule has 1 aromatic carbocycles. The summed E-state index contributed by atoms with van der Waals surface area (Å²) >= 11 is 0. The number of imidazole rings is 1. The zero-order chi connectivity index (χ0) is 18.1. The average molecular weight is 350 g/mol. The van der Waals surface area contributed by atoms with Crippen molar-refractivity contribution in [2.75, 3.05) is 25.1 Å². The Hall–Kier alpha value is -2.56. The lowest BCUT2D eigenvalue weighted by Gasteiger charge is -2.34. The maximum Gasteiger partial charge on any atom is 0.145 e. The molecule has 1 saturated heterocycles. The van der Waals surface area contributed by atoms with Crippen molar-refractivity contribution in [3.8, 4) is 5.75 Å². The van der Waals surface area contributed by atoms with Gasteiger partial charge < -0.3 is 14.2 Å². The van der Waals surface area contributed by atoms with Gasteiger partial charge in [0.2, 0.25) is 0 Å². The standard InChI is InChI=1S/C21H26N4O/c1-15-13-18(17-5-4-6-19(26-3)21(17)23-15)25-10-7-16(8-11-25)14-20-22-9-12-24(20)2/h4-6,9,12-13,16H,7-8,10-11,14H2,1-3H3. The summed E-state index contributed by atoms with van der Waals surface area (Å²) in [5.74, 6) is 2.74. The first kappa shape index (κ1) is 16.9. The van der Waals surface area contributed by atoms with Gasteiger partial charge in [-0.2, -0.15) is 0 Å². The zero-order valence-electron chi connectivity index (χ0n) is 15.8. The molecule has 0 amide bonds. The molecular weight excluding hydrogens is 324 g/mol. The lowest BCUT2D eigenvalue weighted by molar-refractivity contribution is 0.394. The van der Waals surface area contributed by atoms with Crippen molar-refractivity contribution in [3.05, 3.63) is 48.2 Å². The predicted octanol–water partition coefficient (Wildman–Crippen LogP) is 3.74. The van der Waals surface area contributed by atoms with Crippen molar-refractivity contribution >= 4 is 16.6 Å². The quantitative estimate of drug-likeness (QED) is 0.719. The van der Waals surface area contributed by atoms with Crippen molar-refractivity contribution in [2.45, 2.75) is 26.2 Å². The van der Waals surface area contributed by atoms with E-state index in [1.165, 1.54) is 29.7 Å². The molecule has 2 aromatic heterocycles. The van der Waals surface area contributed by atoms with E-state index in [0.717, 1.165) is 36.5 Å². The molecule has 0 N–H and O–H groups in total. The highest BCUT2D eigenvalue weighted by Crippen LogP contribution is 2.34. The van der Waals surface area contributed by atoms with Crippen molar-refractivity contribution in [1.29, 1.82) is 0 Å². The van der Waals surface area contributed by atoms with Gasteiger partial charge in [0.1, 0.15) is 17.1 Å². The van der Waals surface area contributed by atoms with Gasteiger partial charge in [0.25, 0.3) is 0 Å². The predicted molar refractivity (Wildman–Crippen MR) is 105 cm³/mol. The molecule has 26 heavy (non-hydrogen) atoms. The lowest BCUT2D eigenvalue weighted by atomic mass is 9.92. The first-order chi connectivity index (χ1) is 12.7. The number of rotatable bonds is 4. The van der Waals surface area contributed by atoms with Crippen LogP contribution in [-0.2, 0) is 13.5 Å². The molecule has 0 radical (unpaired) electrons. The Labute approximate surface area is 154 Å². The third-order valence-corrected chi connectivity index (χ3v) is 5.48. The molecule has 1 fully saturated rings. The first-order valence-electron chi connectivity index (χ1n) is 9.31. The van der Waals surface area contributed by atoms with Gasteiger partial charge in [-0.05, 0) is 37.8 Å². The van der Waals surface area contributed by atoms with Crippen LogP contribution >= 0.6 is 0 Å². The number of aromatic nitrogens is 3. The van der Waals surface area contributed by atoms with Crippen molar-refractivity contribution in [3.63, 3.8) is 0 Å². The minimum absolute atomic E-state index is 0.705. The number of hydrogen-bond acceptors (Lipinski definition) is 4. The average Bonchev–Trinajstić information content (AvgIpc) is 3.06. The largest absolute Gasteiger partial charge is 0.494 e. The topological polar surface area (TPSA) is 43.2 Å². The van der Waals surface area contributed by atoms with Crippen LogP contribution in [0.3, 0.4) is 0 Å². The molecule has 4 rings (SSSR count). The lowest BCUT2D eigenvalue weighted by Crippen LogP contribution is -2.34. The molecule has 1 aliphatic rings. The fraction of sp³-hybridized carbons (Fsp3) is 0.429. The van der Waals surface area contributed by atoms with Crippen LogP contribution in [0.2, 0.25) is 0 Å². The Morgan fingerprint density at radius 3 is 2.73 bits per heavy atom. The number of para-hydroxylation sites is 1. The van der Waals surface area contributed by atoms with Crippen LogP contribution in [0.5, 0.6) is 5.75 Å². The molecule has 0 unspecified atom stereocenters. The van der Waals surface area contributed by atoms with E-state index in [-0.39, 0.29) is 0 Å². The molecule has 0 aliphatic carbocycles. The maximum absolute atomic E-state index is 5.52. The Balaban J connectivity index is 1.55. The van der Waals surface area contributed by atoms with Crippen molar-refractivity contribution in [1.82, 2.24) is 14.5 Å². The summed E-state index contributed by atoms with van der Waals surface area (Å²) in [6, 6.07) is 8.40. The second kappa shape index (κ2) is 6.98. The van der Waals surface area contributed by atoms with Gasteiger partial charge in [0, 0.05) is 55.7 Å². The zero-order valence-corrected chi connectivity index (χ0v) is 15.8. The monoisotopic (exact) mass is 350 g/mol. The third-order valence-electron chi connectivity index (χ3n) is 5.48. The van der Waals surface area contributed by atoms with Crippen LogP contribution in [-0.4, -0.2) is 34.7 Å². The molecular formula is C21H26N4O. The summed E-state index contributed by atoms with van der Waals surface area (Å²) in [7, 11) is 3.79. The van der Waals surface area contributed by atoms with Crippen LogP contribution in [0.4, 0.5) is 5.69 Å². The Morgan fingerprint density at radius 1 is 1.23 bits per heavy atom. The molecule has 0 bridgehead atoms. The summed E-state index contributed by atoms with van der Waals surface area (Å²) in [6.45, 7) is 4.21. The minimum Gasteiger partial charge on any atom is -0.494 e. The first-order valence-corrected chi connectivity index (χ1v) is 9.31. The number of anilines is 1. The maximum atomic E-state index is 5.52. The number of pyridine rings is 1. The van der Waals surface area contributed by atoms with Gasteiger partial charge in [-0.3, -0.25) is 0 Å². The van der Waals surface area contributed by atoms with E-state index >= 15 is 0 Å². The second-order valence-electron chi connectivity index (χ2n) is 7.23.